The van der Waals surface area contributed by atoms with Gasteiger partial charge in [0, 0.05) is 24.5 Å². The number of anilines is 1. The van der Waals surface area contributed by atoms with Gasteiger partial charge < -0.3 is 19.4 Å². The maximum absolute atomic E-state index is 5.63. The highest BCUT2D eigenvalue weighted by Gasteiger charge is 2.16. The number of hydrogen-bond donors (Lipinski definition) is 1. The van der Waals surface area contributed by atoms with E-state index in [1.807, 2.05) is 32.9 Å². The summed E-state index contributed by atoms with van der Waals surface area (Å²) in [5.74, 6) is 1.81. The van der Waals surface area contributed by atoms with E-state index in [0.717, 1.165) is 61.3 Å². The van der Waals surface area contributed by atoms with Gasteiger partial charge >= 0.3 is 0 Å². The van der Waals surface area contributed by atoms with E-state index in [-0.39, 0.29) is 0 Å². The van der Waals surface area contributed by atoms with E-state index < -0.39 is 0 Å². The highest BCUT2D eigenvalue weighted by Crippen LogP contribution is 2.33. The van der Waals surface area contributed by atoms with E-state index in [4.69, 9.17) is 14.1 Å². The average molecular weight is 412 g/mol. The van der Waals surface area contributed by atoms with Crippen molar-refractivity contribution in [2.24, 2.45) is 4.99 Å². The Hall–Kier alpha value is -2.53. The van der Waals surface area contributed by atoms with Gasteiger partial charge in [-0.15, -0.1) is 0 Å². The molecule has 0 unspecified atom stereocenters. The number of nitrogens with one attached hydrogen (secondary N) is 1. The lowest BCUT2D eigenvalue weighted by Crippen LogP contribution is -2.36. The summed E-state index contributed by atoms with van der Waals surface area (Å²) in [4.78, 5) is 7.40. The first kappa shape index (κ1) is 23.7. The minimum absolute atomic E-state index is 0.609. The first-order valence-electron chi connectivity index (χ1n) is 11.0. The zero-order valence-corrected chi connectivity index (χ0v) is 19.5. The molecule has 0 atom stereocenters. The average Bonchev–Trinajstić information content (AvgIpc) is 3.19. The third-order valence-electron chi connectivity index (χ3n) is 5.16. The molecule has 1 saturated heterocycles. The number of allylic oxidation sites excluding steroid dienone is 1. The van der Waals surface area contributed by atoms with Gasteiger partial charge in [0.2, 0.25) is 0 Å². The molecule has 2 aromatic rings. The summed E-state index contributed by atoms with van der Waals surface area (Å²) >= 11 is 0. The van der Waals surface area contributed by atoms with Crippen LogP contribution in [0.5, 0.6) is 0 Å². The summed E-state index contributed by atoms with van der Waals surface area (Å²) in [7, 11) is 0. The molecule has 0 saturated carbocycles. The standard InChI is InChI=1S/C23H31N3O2.C2H6/c1-6-21(19(5)24-15-20-9-8-17(3)28-20)25-23-16(2)7-10-22(18(23)4)26-11-13-27-14-12-26;1-2/h7-10,24H,5-6,11-15H2,1-4H3;1-2H3. The SMILES string of the molecule is C=C(NCc1ccc(C)o1)C(CC)=Nc1c(C)ccc(N2CCOCC2)c1C.CC. The zero-order chi connectivity index (χ0) is 22.1. The number of aliphatic imine (C=N–C) groups is 1. The molecule has 1 aliphatic heterocycles. The third-order valence-corrected chi connectivity index (χ3v) is 5.16. The molecule has 3 rings (SSSR count). The van der Waals surface area contributed by atoms with Crippen molar-refractivity contribution in [1.82, 2.24) is 5.32 Å². The van der Waals surface area contributed by atoms with Gasteiger partial charge in [0.05, 0.1) is 31.2 Å². The van der Waals surface area contributed by atoms with Gasteiger partial charge in [-0.3, -0.25) is 4.99 Å². The van der Waals surface area contributed by atoms with Crippen LogP contribution in [0.4, 0.5) is 11.4 Å². The number of aryl methyl sites for hydroxylation is 2. The summed E-state index contributed by atoms with van der Waals surface area (Å²) in [5, 5.41) is 3.35. The van der Waals surface area contributed by atoms with Crippen LogP contribution in [-0.4, -0.2) is 32.0 Å². The number of rotatable bonds is 7. The normalized spacial score (nSPS) is 14.2. The van der Waals surface area contributed by atoms with Crippen molar-refractivity contribution in [1.29, 1.82) is 0 Å². The molecule has 0 amide bonds. The van der Waals surface area contributed by atoms with Gasteiger partial charge in [-0.25, -0.2) is 0 Å². The Bertz CT molecular complexity index is 861. The number of benzene rings is 1. The van der Waals surface area contributed by atoms with Crippen LogP contribution in [0, 0.1) is 20.8 Å². The monoisotopic (exact) mass is 411 g/mol. The number of furan rings is 1. The summed E-state index contributed by atoms with van der Waals surface area (Å²) in [6.07, 6.45) is 0.809. The molecule has 30 heavy (non-hydrogen) atoms. The van der Waals surface area contributed by atoms with Crippen LogP contribution in [0.1, 0.15) is 49.8 Å². The summed E-state index contributed by atoms with van der Waals surface area (Å²) in [5.41, 5.74) is 6.48. The quantitative estimate of drug-likeness (QED) is 0.580. The molecule has 0 bridgehead atoms. The predicted octanol–water partition coefficient (Wildman–Crippen LogP) is 5.85. The van der Waals surface area contributed by atoms with Crippen molar-refractivity contribution in [2.45, 2.75) is 54.5 Å². The lowest BCUT2D eigenvalue weighted by Gasteiger charge is -2.31. The Labute approximate surface area is 181 Å². The Morgan fingerprint density at radius 3 is 2.40 bits per heavy atom. The zero-order valence-electron chi connectivity index (χ0n) is 19.5. The van der Waals surface area contributed by atoms with Crippen molar-refractivity contribution in [3.8, 4) is 0 Å². The molecule has 1 N–H and O–H groups in total. The molecule has 0 aliphatic carbocycles. The maximum Gasteiger partial charge on any atom is 0.123 e. The number of nitrogens with zero attached hydrogens (tertiary/aromatic N) is 2. The fourth-order valence-corrected chi connectivity index (χ4v) is 3.51. The van der Waals surface area contributed by atoms with E-state index in [0.29, 0.717) is 6.54 Å². The fourth-order valence-electron chi connectivity index (χ4n) is 3.51. The second kappa shape index (κ2) is 11.6. The number of ether oxygens (including phenoxy) is 1. The minimum atomic E-state index is 0.609. The Morgan fingerprint density at radius 1 is 1.10 bits per heavy atom. The van der Waals surface area contributed by atoms with Gasteiger partial charge in [0.1, 0.15) is 11.5 Å². The first-order chi connectivity index (χ1) is 14.5. The molecular weight excluding hydrogens is 374 g/mol. The molecule has 1 aromatic heterocycles. The van der Waals surface area contributed by atoms with Crippen LogP contribution in [0.15, 0.2) is 46.0 Å². The van der Waals surface area contributed by atoms with Crippen LogP contribution in [-0.2, 0) is 11.3 Å². The van der Waals surface area contributed by atoms with Crippen LogP contribution in [0.3, 0.4) is 0 Å². The van der Waals surface area contributed by atoms with E-state index in [2.05, 4.69) is 49.7 Å². The molecule has 1 aromatic carbocycles. The molecule has 164 valence electrons. The number of hydrogen-bond acceptors (Lipinski definition) is 5. The first-order valence-corrected chi connectivity index (χ1v) is 11.0. The Balaban J connectivity index is 0.00000155. The van der Waals surface area contributed by atoms with Crippen molar-refractivity contribution in [3.05, 3.63) is 59.2 Å². The van der Waals surface area contributed by atoms with Crippen molar-refractivity contribution < 1.29 is 9.15 Å². The fraction of sp³-hybridized carbons (Fsp3) is 0.480. The molecule has 5 heteroatoms. The van der Waals surface area contributed by atoms with Crippen molar-refractivity contribution >= 4 is 17.1 Å². The van der Waals surface area contributed by atoms with E-state index >= 15 is 0 Å². The lowest BCUT2D eigenvalue weighted by molar-refractivity contribution is 0.122. The summed E-state index contributed by atoms with van der Waals surface area (Å²) in [6.45, 7) is 20.5. The van der Waals surface area contributed by atoms with Crippen LogP contribution in [0.2, 0.25) is 0 Å². The third kappa shape index (κ3) is 5.99. The summed E-state index contributed by atoms with van der Waals surface area (Å²) < 4.78 is 11.1. The van der Waals surface area contributed by atoms with Gasteiger partial charge in [-0.1, -0.05) is 33.4 Å². The Morgan fingerprint density at radius 2 is 1.80 bits per heavy atom. The molecule has 2 heterocycles. The molecular formula is C25H37N3O2. The minimum Gasteiger partial charge on any atom is -0.465 e. The topological polar surface area (TPSA) is 50.0 Å². The van der Waals surface area contributed by atoms with Gasteiger partial charge in [0.15, 0.2) is 0 Å². The van der Waals surface area contributed by atoms with E-state index in [1.54, 1.807) is 0 Å². The van der Waals surface area contributed by atoms with Crippen LogP contribution in [0.25, 0.3) is 0 Å². The highest BCUT2D eigenvalue weighted by atomic mass is 16.5. The summed E-state index contributed by atoms with van der Waals surface area (Å²) in [6, 6.07) is 8.32. The lowest BCUT2D eigenvalue weighted by atomic mass is 10.1. The predicted molar refractivity (Wildman–Crippen MR) is 127 cm³/mol. The second-order valence-corrected chi connectivity index (χ2v) is 7.23. The molecule has 0 spiro atoms. The largest absolute Gasteiger partial charge is 0.465 e. The molecule has 1 fully saturated rings. The van der Waals surface area contributed by atoms with Gasteiger partial charge in [-0.05, 0) is 56.5 Å². The van der Waals surface area contributed by atoms with E-state index in [9.17, 15) is 0 Å². The maximum atomic E-state index is 5.63. The molecule has 1 aliphatic rings. The van der Waals surface area contributed by atoms with Crippen LogP contribution >= 0.6 is 0 Å². The van der Waals surface area contributed by atoms with Crippen molar-refractivity contribution in [3.63, 3.8) is 0 Å². The van der Waals surface area contributed by atoms with Crippen LogP contribution < -0.4 is 10.2 Å². The Kier molecular flexibility index (Phi) is 9.18. The molecule has 5 nitrogen and oxygen atoms in total. The highest BCUT2D eigenvalue weighted by molar-refractivity contribution is 6.01. The molecule has 0 radical (unpaired) electrons. The van der Waals surface area contributed by atoms with E-state index in [1.165, 1.54) is 16.8 Å². The van der Waals surface area contributed by atoms with Crippen molar-refractivity contribution in [2.75, 3.05) is 31.2 Å². The van der Waals surface area contributed by atoms with Gasteiger partial charge in [-0.2, -0.15) is 0 Å². The van der Waals surface area contributed by atoms with Gasteiger partial charge in [0.25, 0.3) is 0 Å². The smallest absolute Gasteiger partial charge is 0.123 e. The second-order valence-electron chi connectivity index (χ2n) is 7.23. The number of morpholine rings is 1.